The zero-order valence-electron chi connectivity index (χ0n) is 30.1. The van der Waals surface area contributed by atoms with Crippen molar-refractivity contribution in [1.82, 2.24) is 29.1 Å². The number of H-pyrrole nitrogens is 1. The number of amides is 1. The van der Waals surface area contributed by atoms with Crippen LogP contribution in [0, 0.1) is 22.7 Å². The van der Waals surface area contributed by atoms with Crippen LogP contribution in [-0.4, -0.2) is 108 Å². The van der Waals surface area contributed by atoms with Crippen LogP contribution < -0.4 is 16.6 Å². The molecular weight excluding hydrogens is 850 g/mol. The summed E-state index contributed by atoms with van der Waals surface area (Å²) >= 11 is 5.56. The number of rotatable bonds is 18. The maximum Gasteiger partial charge on any atom is 0.472 e. The number of nitrogens with one attached hydrogen (secondary N) is 2. The second-order valence-electron chi connectivity index (χ2n) is 12.4. The van der Waals surface area contributed by atoms with Gasteiger partial charge in [-0.25, -0.2) is 33.1 Å². The minimum atomic E-state index is -5.12. The van der Waals surface area contributed by atoms with E-state index in [1.165, 1.54) is 0 Å². The van der Waals surface area contributed by atoms with Gasteiger partial charge in [0.2, 0.25) is 0 Å². The lowest BCUT2D eigenvalue weighted by molar-refractivity contribution is -0.0595. The molecule has 0 aliphatic carbocycles. The Bertz CT molecular complexity index is 2430. The number of carbonyl (C=O) groups excluding carboxylic acids is 1. The molecule has 2 fully saturated rings. The van der Waals surface area contributed by atoms with E-state index in [0.717, 1.165) is 34.1 Å². The molecule has 4 aromatic rings. The second kappa shape index (κ2) is 19.1. The number of fused-ring (bicyclic) bond motifs is 1. The van der Waals surface area contributed by atoms with Gasteiger partial charge in [0.1, 0.15) is 30.7 Å². The Kier molecular flexibility index (Phi) is 14.2. The molecule has 2 aliphatic rings. The summed E-state index contributed by atoms with van der Waals surface area (Å²) in [5.41, 5.74) is -1.57. The van der Waals surface area contributed by atoms with Gasteiger partial charge in [-0.15, -0.1) is 0 Å². The first-order valence-corrected chi connectivity index (χ1v) is 21.4. The Balaban J connectivity index is 1.29. The lowest BCUT2D eigenvalue weighted by Gasteiger charge is -2.29. The Morgan fingerprint density at radius 1 is 0.949 bits per heavy atom. The highest BCUT2D eigenvalue weighted by molar-refractivity contribution is 8.07. The molecule has 1 amide bonds. The summed E-state index contributed by atoms with van der Waals surface area (Å²) in [7, 11) is -5.12. The highest BCUT2D eigenvalue weighted by Gasteiger charge is 2.53. The minimum Gasteiger partial charge on any atom is -0.394 e. The van der Waals surface area contributed by atoms with Gasteiger partial charge in [-0.1, -0.05) is 18.2 Å². The van der Waals surface area contributed by atoms with Gasteiger partial charge in [0.05, 0.1) is 57.7 Å². The number of aromatic amines is 1. The summed E-state index contributed by atoms with van der Waals surface area (Å²) in [5.74, 6) is -0.585. The predicted molar refractivity (Wildman–Crippen MR) is 198 cm³/mol. The topological polar surface area (TPSA) is 297 Å². The maximum atomic E-state index is 16.6. The van der Waals surface area contributed by atoms with Gasteiger partial charge in [0.15, 0.2) is 41.8 Å². The van der Waals surface area contributed by atoms with Crippen molar-refractivity contribution in [2.75, 3.05) is 31.7 Å². The Hall–Kier alpha value is -4.72. The molecule has 0 spiro atoms. The maximum absolute atomic E-state index is 16.6. The Morgan fingerprint density at radius 3 is 2.36 bits per heavy atom. The number of hydrogen-bond acceptors (Lipinski definition) is 18. The van der Waals surface area contributed by atoms with E-state index in [2.05, 4.69) is 20.3 Å². The number of alkyl halides is 2. The number of carbonyl (C=O) groups is 1. The van der Waals surface area contributed by atoms with Crippen LogP contribution in [0.2, 0.25) is 0 Å². The number of phosphoric acid groups is 1. The number of nitriles is 2. The van der Waals surface area contributed by atoms with E-state index in [-0.39, 0.29) is 29.8 Å². The molecule has 0 radical (unpaired) electrons. The number of aromatic nitrogens is 6. The standard InChI is InChI=1S/C32H33F2N9O13P2S/c33-22-19(14-44)53-31(42-11-8-21(45)40-32(42)47)26(22)56-58(59,51-13-5-10-36)52-15-20-25(55-57(48,49)50-12-4-9-35)23(34)30(54-20)43-17-39-24-27(37-16-38-28(24)43)41-29(46)18-6-2-1-3-7-18/h1-3,6-8,11,16-17,19-20,22-23,25-26,30-31,44H,4-5,12-15H2,(H,48,49)(H,40,45,47)(H,37,38,41,46). The third-order valence-electron chi connectivity index (χ3n) is 8.57. The van der Waals surface area contributed by atoms with Gasteiger partial charge in [0.25, 0.3) is 11.5 Å². The van der Waals surface area contributed by atoms with Gasteiger partial charge >= 0.3 is 20.2 Å². The van der Waals surface area contributed by atoms with Gasteiger partial charge in [0, 0.05) is 17.8 Å². The van der Waals surface area contributed by atoms with Crippen molar-refractivity contribution < 1.29 is 60.2 Å². The van der Waals surface area contributed by atoms with Crippen molar-refractivity contribution >= 4 is 49.2 Å². The molecule has 5 heterocycles. The fraction of sp³-hybridized carbons (Fsp3) is 0.438. The number of ether oxygens (including phenoxy) is 2. The Morgan fingerprint density at radius 2 is 1.66 bits per heavy atom. The van der Waals surface area contributed by atoms with Gasteiger partial charge in [-0.2, -0.15) is 10.5 Å². The quantitative estimate of drug-likeness (QED) is 0.0821. The average molecular weight is 884 g/mol. The second-order valence-corrected chi connectivity index (χ2v) is 16.8. The number of anilines is 1. The normalized spacial score (nSPS) is 26.1. The number of aliphatic hydroxyl groups is 1. The smallest absolute Gasteiger partial charge is 0.394 e. The van der Waals surface area contributed by atoms with Crippen molar-refractivity contribution in [1.29, 1.82) is 10.5 Å². The number of hydrogen-bond donors (Lipinski definition) is 4. The zero-order valence-corrected chi connectivity index (χ0v) is 32.7. The summed E-state index contributed by atoms with van der Waals surface area (Å²) in [5, 5.41) is 30.4. The summed E-state index contributed by atoms with van der Waals surface area (Å²) in [6.45, 7) is -7.08. The van der Waals surface area contributed by atoms with Crippen LogP contribution >= 0.6 is 14.5 Å². The number of halogens is 2. The fourth-order valence-electron chi connectivity index (χ4n) is 5.89. The summed E-state index contributed by atoms with van der Waals surface area (Å²) < 4.78 is 86.1. The monoisotopic (exact) mass is 883 g/mol. The third kappa shape index (κ3) is 10.2. The van der Waals surface area contributed by atoms with E-state index < -0.39 is 107 Å². The molecule has 0 bridgehead atoms. The molecule has 22 nitrogen and oxygen atoms in total. The molecule has 10 unspecified atom stereocenters. The van der Waals surface area contributed by atoms with Crippen LogP contribution in [0.3, 0.4) is 0 Å². The van der Waals surface area contributed by atoms with Crippen molar-refractivity contribution in [2.24, 2.45) is 0 Å². The first-order valence-electron chi connectivity index (χ1n) is 17.3. The molecule has 0 saturated carbocycles. The summed E-state index contributed by atoms with van der Waals surface area (Å²) in [4.78, 5) is 62.2. The first-order chi connectivity index (χ1) is 28.3. The molecule has 10 atom stereocenters. The van der Waals surface area contributed by atoms with Crippen LogP contribution in [-0.2, 0) is 48.5 Å². The largest absolute Gasteiger partial charge is 0.472 e. The molecular formula is C32H33F2N9O13P2S. The van der Waals surface area contributed by atoms with Gasteiger partial charge < -0.3 is 33.8 Å². The molecule has 1 aromatic carbocycles. The van der Waals surface area contributed by atoms with Crippen molar-refractivity contribution in [2.45, 2.75) is 62.1 Å². The van der Waals surface area contributed by atoms with Crippen LogP contribution in [0.15, 0.2) is 64.8 Å². The molecule has 314 valence electrons. The van der Waals surface area contributed by atoms with E-state index in [9.17, 15) is 28.9 Å². The molecule has 27 heteroatoms. The van der Waals surface area contributed by atoms with Crippen molar-refractivity contribution in [3.8, 4) is 12.1 Å². The lowest BCUT2D eigenvalue weighted by atomic mass is 10.1. The van der Waals surface area contributed by atoms with Crippen LogP contribution in [0.1, 0.15) is 35.7 Å². The number of benzene rings is 1. The predicted octanol–water partition coefficient (Wildman–Crippen LogP) is 2.06. The van der Waals surface area contributed by atoms with Crippen LogP contribution in [0.4, 0.5) is 14.6 Å². The van der Waals surface area contributed by atoms with E-state index in [4.69, 9.17) is 54.4 Å². The average Bonchev–Trinajstić information content (AvgIpc) is 3.87. The highest BCUT2D eigenvalue weighted by Crippen LogP contribution is 2.56. The minimum absolute atomic E-state index is 0.00380. The first kappa shape index (κ1) is 43.8. The van der Waals surface area contributed by atoms with Crippen LogP contribution in [0.25, 0.3) is 11.2 Å². The molecule has 59 heavy (non-hydrogen) atoms. The number of phosphoric ester groups is 1. The number of nitrogens with zero attached hydrogens (tertiary/aromatic N) is 7. The highest BCUT2D eigenvalue weighted by atomic mass is 32.5. The van der Waals surface area contributed by atoms with E-state index in [1.54, 1.807) is 36.4 Å². The van der Waals surface area contributed by atoms with Gasteiger partial charge in [-0.3, -0.25) is 37.3 Å². The van der Waals surface area contributed by atoms with Gasteiger partial charge in [-0.05, 0) is 23.9 Å². The zero-order chi connectivity index (χ0) is 42.3. The molecule has 6 rings (SSSR count). The van der Waals surface area contributed by atoms with Crippen molar-refractivity contribution in [3.63, 3.8) is 0 Å². The third-order valence-corrected chi connectivity index (χ3v) is 11.9. The van der Waals surface area contributed by atoms with Crippen LogP contribution in [0.5, 0.6) is 0 Å². The number of imidazole rings is 1. The summed E-state index contributed by atoms with van der Waals surface area (Å²) in [6, 6.07) is 12.6. The summed E-state index contributed by atoms with van der Waals surface area (Å²) in [6.07, 6.45) is -12.4. The van der Waals surface area contributed by atoms with E-state index in [0.29, 0.717) is 5.56 Å². The number of aliphatic hydroxyl groups excluding tert-OH is 1. The SMILES string of the molecule is N#CCCOP(=O)(O)OC1C(COP(=S)(OCCC#N)OC2C(F)C(CO)OC2n2ccc(=O)[nH]c2=O)OC(n2cnc3c(NC(=O)c4ccccc4)ncnc32)C1F. The molecule has 3 aromatic heterocycles. The molecule has 4 N–H and O–H groups in total. The molecule has 2 aliphatic heterocycles. The fourth-order valence-corrected chi connectivity index (χ4v) is 8.89. The van der Waals surface area contributed by atoms with Crippen molar-refractivity contribution in [3.05, 3.63) is 81.7 Å². The van der Waals surface area contributed by atoms with E-state index >= 15 is 8.78 Å². The molecule has 2 saturated heterocycles. The van der Waals surface area contributed by atoms with E-state index in [1.807, 2.05) is 11.1 Å². The lowest BCUT2D eigenvalue weighted by Crippen LogP contribution is -2.38. The Labute approximate surface area is 336 Å².